The molecule has 2 heterocycles. The number of fused-ring (bicyclic) bond motifs is 1. The van der Waals surface area contributed by atoms with Gasteiger partial charge >= 0.3 is 0 Å². The Morgan fingerprint density at radius 1 is 1.27 bits per heavy atom. The number of rotatable bonds is 6. The van der Waals surface area contributed by atoms with Crippen LogP contribution < -0.4 is 10.6 Å². The minimum Gasteiger partial charge on any atom is -0.359 e. The standard InChI is InChI=1S/C20H23N3O2S/c1-12-9-13(2)22-17(12)11-16-15-6-5-14(10-18(15)23-20(16)25)19(24)21-7-4-8-26-3/h5-6,9-11,22H,4,7-8H2,1-3H3,(H,21,24)(H,23,25)/b16-11-. The molecule has 136 valence electrons. The maximum atomic E-state index is 12.4. The quantitative estimate of drug-likeness (QED) is 0.538. The second kappa shape index (κ2) is 7.83. The number of carbonyl (C=O) groups excluding carboxylic acids is 2. The Morgan fingerprint density at radius 2 is 2.08 bits per heavy atom. The monoisotopic (exact) mass is 369 g/mol. The number of benzene rings is 1. The van der Waals surface area contributed by atoms with Gasteiger partial charge in [0.1, 0.15) is 0 Å². The Bertz CT molecular complexity index is 883. The number of aromatic amines is 1. The minimum atomic E-state index is -0.149. The predicted molar refractivity (Wildman–Crippen MR) is 109 cm³/mol. The third-order valence-corrected chi connectivity index (χ3v) is 5.05. The highest BCUT2D eigenvalue weighted by molar-refractivity contribution is 7.98. The van der Waals surface area contributed by atoms with Crippen LogP contribution in [0.15, 0.2) is 24.3 Å². The van der Waals surface area contributed by atoms with Crippen molar-refractivity contribution in [3.63, 3.8) is 0 Å². The number of hydrogen-bond acceptors (Lipinski definition) is 3. The fourth-order valence-electron chi connectivity index (χ4n) is 3.04. The van der Waals surface area contributed by atoms with Gasteiger partial charge in [-0.3, -0.25) is 9.59 Å². The molecule has 26 heavy (non-hydrogen) atoms. The molecule has 0 bridgehead atoms. The SMILES string of the molecule is CSCCCNC(=O)c1ccc2c(c1)NC(=O)/C2=C\c1[nH]c(C)cc1C. The van der Waals surface area contributed by atoms with E-state index in [2.05, 4.69) is 15.6 Å². The number of thioether (sulfide) groups is 1. The van der Waals surface area contributed by atoms with Crippen molar-refractivity contribution >= 4 is 40.9 Å². The van der Waals surface area contributed by atoms with Crippen LogP contribution in [0.4, 0.5) is 5.69 Å². The van der Waals surface area contributed by atoms with Gasteiger partial charge < -0.3 is 15.6 Å². The number of hydrogen-bond donors (Lipinski definition) is 3. The lowest BCUT2D eigenvalue weighted by atomic mass is 10.0. The van der Waals surface area contributed by atoms with E-state index < -0.39 is 0 Å². The molecule has 0 unspecified atom stereocenters. The molecule has 3 N–H and O–H groups in total. The van der Waals surface area contributed by atoms with E-state index in [1.165, 1.54) is 0 Å². The molecule has 0 radical (unpaired) electrons. The zero-order chi connectivity index (χ0) is 18.7. The summed E-state index contributed by atoms with van der Waals surface area (Å²) in [4.78, 5) is 27.9. The van der Waals surface area contributed by atoms with Crippen molar-refractivity contribution < 1.29 is 9.59 Å². The summed E-state index contributed by atoms with van der Waals surface area (Å²) < 4.78 is 0. The van der Waals surface area contributed by atoms with Crippen LogP contribution in [0.3, 0.4) is 0 Å². The van der Waals surface area contributed by atoms with Gasteiger partial charge in [0, 0.05) is 34.7 Å². The van der Waals surface area contributed by atoms with Gasteiger partial charge in [0.15, 0.2) is 0 Å². The van der Waals surface area contributed by atoms with Gasteiger partial charge in [-0.05, 0) is 62.1 Å². The molecule has 0 saturated heterocycles. The van der Waals surface area contributed by atoms with Gasteiger partial charge in [0.2, 0.25) is 0 Å². The molecule has 2 aromatic rings. The Morgan fingerprint density at radius 3 is 2.77 bits per heavy atom. The van der Waals surface area contributed by atoms with E-state index in [-0.39, 0.29) is 11.8 Å². The molecule has 1 aliphatic heterocycles. The molecule has 0 saturated carbocycles. The molecule has 1 aromatic heterocycles. The van der Waals surface area contributed by atoms with Crippen LogP contribution in [0, 0.1) is 13.8 Å². The maximum absolute atomic E-state index is 12.4. The van der Waals surface area contributed by atoms with E-state index in [0.29, 0.717) is 23.4 Å². The van der Waals surface area contributed by atoms with Crippen molar-refractivity contribution in [3.05, 3.63) is 52.3 Å². The summed E-state index contributed by atoms with van der Waals surface area (Å²) in [6.07, 6.45) is 4.86. The summed E-state index contributed by atoms with van der Waals surface area (Å²) in [5.41, 5.74) is 5.74. The highest BCUT2D eigenvalue weighted by Gasteiger charge is 2.25. The Kier molecular flexibility index (Phi) is 5.52. The van der Waals surface area contributed by atoms with E-state index in [4.69, 9.17) is 0 Å². The van der Waals surface area contributed by atoms with Crippen molar-refractivity contribution in [1.29, 1.82) is 0 Å². The summed E-state index contributed by atoms with van der Waals surface area (Å²) in [7, 11) is 0. The summed E-state index contributed by atoms with van der Waals surface area (Å²) in [5, 5.41) is 5.77. The normalized spacial score (nSPS) is 14.4. The first-order valence-corrected chi connectivity index (χ1v) is 10.00. The third kappa shape index (κ3) is 3.85. The molecular formula is C20H23N3O2S. The van der Waals surface area contributed by atoms with Crippen molar-refractivity contribution in [1.82, 2.24) is 10.3 Å². The predicted octanol–water partition coefficient (Wildman–Crippen LogP) is 3.61. The number of carbonyl (C=O) groups is 2. The molecule has 2 amide bonds. The lowest BCUT2D eigenvalue weighted by Gasteiger charge is -2.06. The Labute approximate surface area is 157 Å². The number of H-pyrrole nitrogens is 1. The van der Waals surface area contributed by atoms with Crippen LogP contribution in [0.1, 0.15) is 39.3 Å². The molecular weight excluding hydrogens is 346 g/mol. The van der Waals surface area contributed by atoms with Gasteiger partial charge in [0.05, 0.1) is 5.57 Å². The van der Waals surface area contributed by atoms with Crippen molar-refractivity contribution in [3.8, 4) is 0 Å². The maximum Gasteiger partial charge on any atom is 0.256 e. The highest BCUT2D eigenvalue weighted by Crippen LogP contribution is 2.34. The summed E-state index contributed by atoms with van der Waals surface area (Å²) in [6, 6.07) is 7.39. The summed E-state index contributed by atoms with van der Waals surface area (Å²) >= 11 is 1.76. The lowest BCUT2D eigenvalue weighted by molar-refractivity contribution is -0.110. The fourth-order valence-corrected chi connectivity index (χ4v) is 3.48. The molecule has 3 rings (SSSR count). The second-order valence-corrected chi connectivity index (χ2v) is 7.41. The van der Waals surface area contributed by atoms with Crippen LogP contribution in [0.25, 0.3) is 11.6 Å². The van der Waals surface area contributed by atoms with Gasteiger partial charge in [0.25, 0.3) is 11.8 Å². The molecule has 6 heteroatoms. The average Bonchev–Trinajstić information content (AvgIpc) is 3.09. The number of amides is 2. The summed E-state index contributed by atoms with van der Waals surface area (Å²) in [6.45, 7) is 4.65. The number of nitrogens with one attached hydrogen (secondary N) is 3. The molecule has 1 aliphatic rings. The van der Waals surface area contributed by atoms with Gasteiger partial charge in [-0.15, -0.1) is 0 Å². The van der Waals surface area contributed by atoms with Crippen LogP contribution in [-0.4, -0.2) is 35.4 Å². The third-order valence-electron chi connectivity index (χ3n) is 4.35. The van der Waals surface area contributed by atoms with E-state index in [0.717, 1.165) is 34.7 Å². The first kappa shape index (κ1) is 18.3. The van der Waals surface area contributed by atoms with Crippen molar-refractivity contribution in [2.75, 3.05) is 23.9 Å². The molecule has 0 spiro atoms. The van der Waals surface area contributed by atoms with E-state index in [1.54, 1.807) is 23.9 Å². The van der Waals surface area contributed by atoms with Crippen LogP contribution in [0.5, 0.6) is 0 Å². The van der Waals surface area contributed by atoms with E-state index in [1.807, 2.05) is 38.3 Å². The number of aryl methyl sites for hydroxylation is 2. The van der Waals surface area contributed by atoms with Crippen LogP contribution in [-0.2, 0) is 4.79 Å². The van der Waals surface area contributed by atoms with E-state index in [9.17, 15) is 9.59 Å². The lowest BCUT2D eigenvalue weighted by Crippen LogP contribution is -2.24. The van der Waals surface area contributed by atoms with Crippen LogP contribution >= 0.6 is 11.8 Å². The molecule has 5 nitrogen and oxygen atoms in total. The fraction of sp³-hybridized carbons (Fsp3) is 0.300. The van der Waals surface area contributed by atoms with Gasteiger partial charge in [-0.1, -0.05) is 6.07 Å². The van der Waals surface area contributed by atoms with Gasteiger partial charge in [-0.2, -0.15) is 11.8 Å². The zero-order valence-corrected chi connectivity index (χ0v) is 16.0. The number of aromatic nitrogens is 1. The smallest absolute Gasteiger partial charge is 0.256 e. The minimum absolute atomic E-state index is 0.114. The Balaban J connectivity index is 1.81. The molecule has 1 aromatic carbocycles. The first-order valence-electron chi connectivity index (χ1n) is 8.60. The second-order valence-electron chi connectivity index (χ2n) is 6.42. The Hall–Kier alpha value is -2.47. The van der Waals surface area contributed by atoms with Crippen molar-refractivity contribution in [2.24, 2.45) is 0 Å². The summed E-state index contributed by atoms with van der Waals surface area (Å²) in [5.74, 6) is 0.757. The van der Waals surface area contributed by atoms with Crippen LogP contribution in [0.2, 0.25) is 0 Å². The zero-order valence-electron chi connectivity index (χ0n) is 15.2. The molecule has 0 fully saturated rings. The largest absolute Gasteiger partial charge is 0.359 e. The average molecular weight is 369 g/mol. The molecule has 0 atom stereocenters. The van der Waals surface area contributed by atoms with E-state index >= 15 is 0 Å². The first-order chi connectivity index (χ1) is 12.5. The number of anilines is 1. The van der Waals surface area contributed by atoms with Crippen molar-refractivity contribution in [2.45, 2.75) is 20.3 Å². The highest BCUT2D eigenvalue weighted by atomic mass is 32.2. The topological polar surface area (TPSA) is 74.0 Å². The van der Waals surface area contributed by atoms with Gasteiger partial charge in [-0.25, -0.2) is 0 Å². The molecule has 0 aliphatic carbocycles.